The Hall–Kier alpha value is -0.450. The van der Waals surface area contributed by atoms with Crippen LogP contribution >= 0.6 is 15.9 Å². The fourth-order valence-electron chi connectivity index (χ4n) is 2.09. The van der Waals surface area contributed by atoms with Crippen molar-refractivity contribution in [2.24, 2.45) is 0 Å². The average molecular weight is 288 g/mol. The summed E-state index contributed by atoms with van der Waals surface area (Å²) in [6.45, 7) is 0.978. The fourth-order valence-corrected chi connectivity index (χ4v) is 2.61. The molecule has 1 aliphatic rings. The van der Waals surface area contributed by atoms with Crippen LogP contribution < -0.4 is 5.32 Å². The summed E-state index contributed by atoms with van der Waals surface area (Å²) in [7, 11) is 0. The first kappa shape index (κ1) is 12.0. The van der Waals surface area contributed by atoms with Crippen molar-refractivity contribution >= 4 is 15.9 Å². The maximum atomic E-state index is 12.9. The van der Waals surface area contributed by atoms with Crippen LogP contribution in [0.15, 0.2) is 22.7 Å². The molecule has 0 spiro atoms. The summed E-state index contributed by atoms with van der Waals surface area (Å²) in [6.07, 6.45) is 2.29. The molecule has 2 atom stereocenters. The van der Waals surface area contributed by atoms with Crippen LogP contribution in [0.5, 0.6) is 0 Å². The van der Waals surface area contributed by atoms with Crippen molar-refractivity contribution in [3.63, 3.8) is 0 Å². The van der Waals surface area contributed by atoms with Crippen molar-refractivity contribution < 1.29 is 9.50 Å². The zero-order chi connectivity index (χ0) is 11.5. The van der Waals surface area contributed by atoms with Crippen molar-refractivity contribution in [3.8, 4) is 0 Å². The van der Waals surface area contributed by atoms with Crippen molar-refractivity contribution in [2.45, 2.75) is 31.4 Å². The van der Waals surface area contributed by atoms with Crippen LogP contribution in [0.25, 0.3) is 0 Å². The third-order valence-electron chi connectivity index (χ3n) is 3.01. The van der Waals surface area contributed by atoms with Gasteiger partial charge < -0.3 is 10.4 Å². The highest BCUT2D eigenvalue weighted by Crippen LogP contribution is 2.21. The van der Waals surface area contributed by atoms with Gasteiger partial charge in [-0.15, -0.1) is 0 Å². The number of aliphatic hydroxyl groups excluding tert-OH is 1. The first-order valence-electron chi connectivity index (χ1n) is 5.52. The molecule has 88 valence electrons. The third-order valence-corrected chi connectivity index (χ3v) is 3.75. The Balaban J connectivity index is 2.02. The van der Waals surface area contributed by atoms with Crippen molar-refractivity contribution in [1.82, 2.24) is 5.32 Å². The minimum atomic E-state index is -0.399. The second-order valence-electron chi connectivity index (χ2n) is 4.21. The normalized spacial score (nSPS) is 22.3. The number of nitrogens with one attached hydrogen (secondary N) is 1. The van der Waals surface area contributed by atoms with Gasteiger partial charge in [0.2, 0.25) is 0 Å². The molecule has 1 saturated heterocycles. The first-order chi connectivity index (χ1) is 7.66. The van der Waals surface area contributed by atoms with Gasteiger partial charge in [-0.2, -0.15) is 0 Å². The van der Waals surface area contributed by atoms with Crippen LogP contribution in [0.3, 0.4) is 0 Å². The highest BCUT2D eigenvalue weighted by Gasteiger charge is 2.23. The van der Waals surface area contributed by atoms with E-state index >= 15 is 0 Å². The van der Waals surface area contributed by atoms with E-state index in [-0.39, 0.29) is 11.9 Å². The van der Waals surface area contributed by atoms with Crippen LogP contribution in [-0.2, 0) is 6.42 Å². The topological polar surface area (TPSA) is 32.3 Å². The predicted octanol–water partition coefficient (Wildman–Crippen LogP) is 2.24. The maximum absolute atomic E-state index is 12.9. The van der Waals surface area contributed by atoms with E-state index in [9.17, 15) is 9.50 Å². The zero-order valence-corrected chi connectivity index (χ0v) is 10.5. The predicted molar refractivity (Wildman–Crippen MR) is 64.8 cm³/mol. The minimum Gasteiger partial charge on any atom is -0.391 e. The van der Waals surface area contributed by atoms with Gasteiger partial charge in [0.1, 0.15) is 5.82 Å². The number of halogens is 2. The lowest BCUT2D eigenvalue weighted by molar-refractivity contribution is 0.136. The highest BCUT2D eigenvalue weighted by atomic mass is 79.9. The monoisotopic (exact) mass is 287 g/mol. The first-order valence-corrected chi connectivity index (χ1v) is 6.31. The van der Waals surface area contributed by atoms with Gasteiger partial charge in [-0.05, 0) is 37.1 Å². The maximum Gasteiger partial charge on any atom is 0.124 e. The van der Waals surface area contributed by atoms with Crippen molar-refractivity contribution in [1.29, 1.82) is 0 Å². The lowest BCUT2D eigenvalue weighted by Gasteiger charge is -2.18. The molecule has 0 aromatic heterocycles. The second kappa shape index (κ2) is 5.25. The summed E-state index contributed by atoms with van der Waals surface area (Å²) in [4.78, 5) is 0. The van der Waals surface area contributed by atoms with Crippen LogP contribution in [0.1, 0.15) is 18.4 Å². The molecule has 2 N–H and O–H groups in total. The number of benzene rings is 1. The van der Waals surface area contributed by atoms with Crippen molar-refractivity contribution in [2.75, 3.05) is 6.54 Å². The Morgan fingerprint density at radius 3 is 3.00 bits per heavy atom. The van der Waals surface area contributed by atoms with E-state index in [4.69, 9.17) is 0 Å². The van der Waals surface area contributed by atoms with Crippen molar-refractivity contribution in [3.05, 3.63) is 34.1 Å². The quantitative estimate of drug-likeness (QED) is 0.894. The molecule has 1 fully saturated rings. The van der Waals surface area contributed by atoms with Gasteiger partial charge in [-0.25, -0.2) is 4.39 Å². The van der Waals surface area contributed by atoms with E-state index in [1.165, 1.54) is 12.1 Å². The molecule has 0 amide bonds. The van der Waals surface area contributed by atoms with E-state index in [1.807, 2.05) is 0 Å². The lowest BCUT2D eigenvalue weighted by Crippen LogP contribution is -2.36. The number of hydrogen-bond acceptors (Lipinski definition) is 2. The molecule has 0 bridgehead atoms. The summed E-state index contributed by atoms with van der Waals surface area (Å²) >= 11 is 3.31. The largest absolute Gasteiger partial charge is 0.391 e. The van der Waals surface area contributed by atoms with Gasteiger partial charge in [0, 0.05) is 16.9 Å². The molecule has 1 aromatic rings. The summed E-state index contributed by atoms with van der Waals surface area (Å²) in [5.74, 6) is -0.260. The molecule has 2 rings (SSSR count). The van der Waals surface area contributed by atoms with E-state index in [1.54, 1.807) is 6.07 Å². The lowest BCUT2D eigenvalue weighted by atomic mass is 10.0. The molecule has 0 saturated carbocycles. The smallest absolute Gasteiger partial charge is 0.124 e. The molecule has 1 aromatic carbocycles. The van der Waals surface area contributed by atoms with Gasteiger partial charge in [0.05, 0.1) is 6.10 Å². The van der Waals surface area contributed by atoms with Gasteiger partial charge in [-0.1, -0.05) is 22.0 Å². The molecule has 0 aliphatic carbocycles. The number of aliphatic hydroxyl groups is 1. The molecule has 1 aliphatic heterocycles. The van der Waals surface area contributed by atoms with E-state index in [2.05, 4.69) is 21.2 Å². The second-order valence-corrected chi connectivity index (χ2v) is 5.06. The Labute approximate surface area is 103 Å². The molecular formula is C12H15BrFNO. The molecule has 4 heteroatoms. The fraction of sp³-hybridized carbons (Fsp3) is 0.500. The van der Waals surface area contributed by atoms with Crippen LogP contribution in [0.2, 0.25) is 0 Å². The van der Waals surface area contributed by atoms with Gasteiger partial charge in [0.15, 0.2) is 0 Å². The van der Waals surface area contributed by atoms with E-state index < -0.39 is 6.10 Å². The average Bonchev–Trinajstić information content (AvgIpc) is 2.75. The Bertz CT molecular complexity index is 366. The van der Waals surface area contributed by atoms with E-state index in [0.29, 0.717) is 6.42 Å². The Kier molecular flexibility index (Phi) is 3.95. The Morgan fingerprint density at radius 2 is 2.38 bits per heavy atom. The molecular weight excluding hydrogens is 273 g/mol. The van der Waals surface area contributed by atoms with Crippen LogP contribution in [0, 0.1) is 5.82 Å². The number of hydrogen-bond donors (Lipinski definition) is 2. The molecule has 16 heavy (non-hydrogen) atoms. The molecule has 2 unspecified atom stereocenters. The minimum absolute atomic E-state index is 0.178. The molecule has 2 nitrogen and oxygen atoms in total. The Morgan fingerprint density at radius 1 is 1.56 bits per heavy atom. The summed E-state index contributed by atoms with van der Waals surface area (Å²) in [5, 5.41) is 13.3. The van der Waals surface area contributed by atoms with Crippen LogP contribution in [0.4, 0.5) is 4.39 Å². The summed E-state index contributed by atoms with van der Waals surface area (Å²) < 4.78 is 13.6. The zero-order valence-electron chi connectivity index (χ0n) is 8.92. The highest BCUT2D eigenvalue weighted by molar-refractivity contribution is 9.10. The third kappa shape index (κ3) is 2.81. The molecule has 1 heterocycles. The van der Waals surface area contributed by atoms with Gasteiger partial charge in [-0.3, -0.25) is 0 Å². The van der Waals surface area contributed by atoms with Gasteiger partial charge in [0.25, 0.3) is 0 Å². The molecule has 0 radical (unpaired) electrons. The summed E-state index contributed by atoms with van der Waals surface area (Å²) in [6, 6.07) is 4.76. The van der Waals surface area contributed by atoms with Gasteiger partial charge >= 0.3 is 0 Å². The van der Waals surface area contributed by atoms with Crippen LogP contribution in [-0.4, -0.2) is 23.8 Å². The summed E-state index contributed by atoms with van der Waals surface area (Å²) in [5.41, 5.74) is 0.947. The standard InChI is InChI=1S/C12H15BrFNO/c13-10-7-9(14)4-3-8(10)6-12(16)11-2-1-5-15-11/h3-4,7,11-12,15-16H,1-2,5-6H2. The van der Waals surface area contributed by atoms with E-state index in [0.717, 1.165) is 29.4 Å². The SMILES string of the molecule is OC(Cc1ccc(F)cc1Br)C1CCCN1. The number of rotatable bonds is 3.